The number of fused-ring (bicyclic) bond motifs is 1. The molecule has 178 valence electrons. The van der Waals surface area contributed by atoms with Crippen LogP contribution in [0.2, 0.25) is 0 Å². The molecule has 4 rings (SSSR count). The second-order valence-electron chi connectivity index (χ2n) is 8.44. The van der Waals surface area contributed by atoms with Crippen molar-refractivity contribution in [2.45, 2.75) is 19.3 Å². The molecular formula is C28H27N3O4. The van der Waals surface area contributed by atoms with Crippen LogP contribution in [0.5, 0.6) is 0 Å². The molecule has 0 spiro atoms. The maximum atomic E-state index is 13.1. The van der Waals surface area contributed by atoms with Crippen molar-refractivity contribution >= 4 is 34.9 Å². The van der Waals surface area contributed by atoms with Crippen molar-refractivity contribution in [2.24, 2.45) is 4.99 Å². The van der Waals surface area contributed by atoms with Crippen molar-refractivity contribution in [3.8, 4) is 0 Å². The Bertz CT molecular complexity index is 1280. The molecule has 1 atom stereocenters. The van der Waals surface area contributed by atoms with Crippen LogP contribution in [0, 0.1) is 0 Å². The molecule has 3 aromatic carbocycles. The van der Waals surface area contributed by atoms with E-state index in [0.717, 1.165) is 16.7 Å². The number of rotatable bonds is 7. The molecule has 1 N–H and O–H groups in total. The Morgan fingerprint density at radius 3 is 2.34 bits per heavy atom. The number of benzene rings is 3. The zero-order valence-corrected chi connectivity index (χ0v) is 19.9. The van der Waals surface area contributed by atoms with E-state index >= 15 is 0 Å². The first-order valence-corrected chi connectivity index (χ1v) is 11.4. The number of hydrogen-bond donors (Lipinski definition) is 1. The molecule has 0 saturated carbocycles. The number of ether oxygens (including phenoxy) is 1. The number of esters is 1. The SMILES string of the molecule is CCOC(=O)c1ccc2c(c1)NC(=O)C2C(=Nc1ccc(CC(=O)N(C)C)cc1)c1ccccc1. The average molecular weight is 470 g/mol. The van der Waals surface area contributed by atoms with Gasteiger partial charge in [0.25, 0.3) is 0 Å². The summed E-state index contributed by atoms with van der Waals surface area (Å²) in [6, 6.07) is 22.1. The fourth-order valence-corrected chi connectivity index (χ4v) is 3.94. The first-order valence-electron chi connectivity index (χ1n) is 11.4. The monoisotopic (exact) mass is 469 g/mol. The summed E-state index contributed by atoms with van der Waals surface area (Å²) >= 11 is 0. The number of anilines is 1. The minimum atomic E-state index is -0.640. The molecule has 7 heteroatoms. The zero-order chi connectivity index (χ0) is 24.9. The lowest BCUT2D eigenvalue weighted by Gasteiger charge is -2.14. The largest absolute Gasteiger partial charge is 0.462 e. The highest BCUT2D eigenvalue weighted by Gasteiger charge is 2.36. The van der Waals surface area contributed by atoms with Crippen LogP contribution in [-0.2, 0) is 20.7 Å². The number of carbonyl (C=O) groups is 3. The average Bonchev–Trinajstić information content (AvgIpc) is 3.18. The van der Waals surface area contributed by atoms with Gasteiger partial charge in [0.1, 0.15) is 5.92 Å². The molecule has 1 aliphatic heterocycles. The highest BCUT2D eigenvalue weighted by molar-refractivity contribution is 6.24. The van der Waals surface area contributed by atoms with Gasteiger partial charge >= 0.3 is 5.97 Å². The Morgan fingerprint density at radius 2 is 1.69 bits per heavy atom. The normalized spacial score (nSPS) is 14.8. The highest BCUT2D eigenvalue weighted by Crippen LogP contribution is 2.37. The number of nitrogens with one attached hydrogen (secondary N) is 1. The highest BCUT2D eigenvalue weighted by atomic mass is 16.5. The van der Waals surface area contributed by atoms with E-state index in [2.05, 4.69) is 5.32 Å². The predicted octanol–water partition coefficient (Wildman–Crippen LogP) is 4.35. The van der Waals surface area contributed by atoms with Crippen LogP contribution in [0.25, 0.3) is 0 Å². The van der Waals surface area contributed by atoms with Gasteiger partial charge in [-0.1, -0.05) is 48.5 Å². The molecule has 2 amide bonds. The van der Waals surface area contributed by atoms with E-state index in [-0.39, 0.29) is 18.4 Å². The van der Waals surface area contributed by atoms with Crippen molar-refractivity contribution in [2.75, 3.05) is 26.0 Å². The lowest BCUT2D eigenvalue weighted by Crippen LogP contribution is -2.23. The maximum Gasteiger partial charge on any atom is 0.338 e. The molecule has 0 radical (unpaired) electrons. The van der Waals surface area contributed by atoms with Crippen LogP contribution in [0.1, 0.15) is 39.9 Å². The second-order valence-corrected chi connectivity index (χ2v) is 8.44. The van der Waals surface area contributed by atoms with Crippen LogP contribution >= 0.6 is 0 Å². The number of hydrogen-bond acceptors (Lipinski definition) is 5. The van der Waals surface area contributed by atoms with E-state index in [4.69, 9.17) is 9.73 Å². The summed E-state index contributed by atoms with van der Waals surface area (Å²) in [5.74, 6) is -1.26. The topological polar surface area (TPSA) is 88.1 Å². The van der Waals surface area contributed by atoms with Gasteiger partial charge in [0, 0.05) is 19.8 Å². The molecule has 3 aromatic rings. The molecule has 1 aliphatic rings. The minimum Gasteiger partial charge on any atom is -0.462 e. The summed E-state index contributed by atoms with van der Waals surface area (Å²) in [4.78, 5) is 43.7. The van der Waals surface area contributed by atoms with Crippen LogP contribution in [-0.4, -0.2) is 49.1 Å². The van der Waals surface area contributed by atoms with Crippen LogP contribution in [0.3, 0.4) is 0 Å². The standard InChI is InChI=1S/C28H27N3O4/c1-4-35-28(34)20-12-15-22-23(17-20)30-27(33)25(22)26(19-8-6-5-7-9-19)29-21-13-10-18(11-14-21)16-24(32)31(2)3/h5-15,17,25H,4,16H2,1-3H3,(H,30,33). The quantitative estimate of drug-likeness (QED) is 0.412. The first kappa shape index (κ1) is 23.9. The molecule has 1 heterocycles. The van der Waals surface area contributed by atoms with Gasteiger partial charge in [0.05, 0.1) is 30.0 Å². The smallest absolute Gasteiger partial charge is 0.338 e. The fraction of sp³-hybridized carbons (Fsp3) is 0.214. The summed E-state index contributed by atoms with van der Waals surface area (Å²) in [6.45, 7) is 2.02. The lowest BCUT2D eigenvalue weighted by molar-refractivity contribution is -0.128. The van der Waals surface area contributed by atoms with Crippen LogP contribution in [0.4, 0.5) is 11.4 Å². The van der Waals surface area contributed by atoms with Gasteiger partial charge < -0.3 is 15.0 Å². The third kappa shape index (κ3) is 5.30. The Balaban J connectivity index is 1.71. The zero-order valence-electron chi connectivity index (χ0n) is 19.9. The van der Waals surface area contributed by atoms with Crippen molar-refractivity contribution in [1.82, 2.24) is 4.90 Å². The predicted molar refractivity (Wildman–Crippen MR) is 135 cm³/mol. The van der Waals surface area contributed by atoms with Crippen molar-refractivity contribution in [3.05, 3.63) is 95.1 Å². The van der Waals surface area contributed by atoms with E-state index in [1.165, 1.54) is 0 Å². The van der Waals surface area contributed by atoms with E-state index in [9.17, 15) is 14.4 Å². The van der Waals surface area contributed by atoms with E-state index < -0.39 is 11.9 Å². The molecule has 0 bridgehead atoms. The third-order valence-electron chi connectivity index (χ3n) is 5.78. The Labute approximate surface area is 204 Å². The molecule has 7 nitrogen and oxygen atoms in total. The number of nitrogens with zero attached hydrogens (tertiary/aromatic N) is 2. The molecule has 1 unspecified atom stereocenters. The molecular weight excluding hydrogens is 442 g/mol. The number of carbonyl (C=O) groups excluding carboxylic acids is 3. The summed E-state index contributed by atoms with van der Waals surface area (Å²) in [5, 5.41) is 2.89. The maximum absolute atomic E-state index is 13.1. The van der Waals surface area contributed by atoms with E-state index in [1.54, 1.807) is 44.1 Å². The van der Waals surface area contributed by atoms with Gasteiger partial charge in [-0.3, -0.25) is 14.6 Å². The van der Waals surface area contributed by atoms with E-state index in [1.807, 2.05) is 54.6 Å². The summed E-state index contributed by atoms with van der Waals surface area (Å²) < 4.78 is 5.08. The molecule has 35 heavy (non-hydrogen) atoms. The summed E-state index contributed by atoms with van der Waals surface area (Å²) in [6.07, 6.45) is 0.309. The number of likely N-dealkylation sites (N-methyl/N-ethyl adjacent to an activating group) is 1. The van der Waals surface area contributed by atoms with Crippen molar-refractivity contribution < 1.29 is 19.1 Å². The first-order chi connectivity index (χ1) is 16.9. The van der Waals surface area contributed by atoms with Crippen molar-refractivity contribution in [3.63, 3.8) is 0 Å². The van der Waals surface area contributed by atoms with Crippen molar-refractivity contribution in [1.29, 1.82) is 0 Å². The number of amides is 2. The van der Waals surface area contributed by atoms with Gasteiger partial charge in [0.15, 0.2) is 0 Å². The van der Waals surface area contributed by atoms with Crippen LogP contribution < -0.4 is 5.32 Å². The molecule has 0 aliphatic carbocycles. The van der Waals surface area contributed by atoms with Gasteiger partial charge in [-0.2, -0.15) is 0 Å². The van der Waals surface area contributed by atoms with E-state index in [0.29, 0.717) is 29.1 Å². The van der Waals surface area contributed by atoms with Gasteiger partial charge in [-0.15, -0.1) is 0 Å². The molecule has 0 saturated heterocycles. The Hall–Kier alpha value is -4.26. The Morgan fingerprint density at radius 1 is 0.971 bits per heavy atom. The molecule has 0 aromatic heterocycles. The summed E-state index contributed by atoms with van der Waals surface area (Å²) in [5.41, 5.74) is 4.69. The lowest BCUT2D eigenvalue weighted by atomic mass is 9.90. The third-order valence-corrected chi connectivity index (χ3v) is 5.78. The minimum absolute atomic E-state index is 0.0210. The Kier molecular flexibility index (Phi) is 7.06. The van der Waals surface area contributed by atoms with Gasteiger partial charge in [-0.05, 0) is 47.9 Å². The second kappa shape index (κ2) is 10.3. The number of aliphatic imine (C=N–C) groups is 1. The van der Waals surface area contributed by atoms with Gasteiger partial charge in [-0.25, -0.2) is 4.79 Å². The van der Waals surface area contributed by atoms with Gasteiger partial charge in [0.2, 0.25) is 11.8 Å². The van der Waals surface area contributed by atoms with Crippen LogP contribution in [0.15, 0.2) is 77.8 Å². The fourth-order valence-electron chi connectivity index (χ4n) is 3.94. The molecule has 0 fully saturated rings. The summed E-state index contributed by atoms with van der Waals surface area (Å²) in [7, 11) is 3.46.